The molecule has 3 N–H and O–H groups in total. The molecule has 144 valence electrons. The van der Waals surface area contributed by atoms with Gasteiger partial charge in [0.25, 0.3) is 5.56 Å². The highest BCUT2D eigenvalue weighted by atomic mass is 19.1. The number of carbonyl (C=O) groups is 2. The highest BCUT2D eigenvalue weighted by Crippen LogP contribution is 2.26. The lowest BCUT2D eigenvalue weighted by atomic mass is 10.0. The highest BCUT2D eigenvalue weighted by Gasteiger charge is 2.21. The van der Waals surface area contributed by atoms with Crippen molar-refractivity contribution in [3.05, 3.63) is 63.3 Å². The minimum Gasteiger partial charge on any atom is -0.505 e. The second kappa shape index (κ2) is 7.10. The Morgan fingerprint density at radius 3 is 2.64 bits per heavy atom. The molecule has 0 atom stereocenters. The van der Waals surface area contributed by atoms with Crippen molar-refractivity contribution in [1.82, 2.24) is 9.55 Å². The van der Waals surface area contributed by atoms with E-state index < -0.39 is 28.7 Å². The number of carboxylic acids is 1. The second-order valence-electron chi connectivity index (χ2n) is 6.26. The van der Waals surface area contributed by atoms with E-state index >= 15 is 0 Å². The summed E-state index contributed by atoms with van der Waals surface area (Å²) in [6, 6.07) is 5.56. The van der Waals surface area contributed by atoms with E-state index in [1.807, 2.05) is 0 Å². The number of pyridine rings is 2. The van der Waals surface area contributed by atoms with Gasteiger partial charge in [-0.3, -0.25) is 14.6 Å². The molecule has 2 aromatic heterocycles. The Bertz CT molecular complexity index is 1190. The number of amides is 1. The molecule has 3 rings (SSSR count). The van der Waals surface area contributed by atoms with Gasteiger partial charge in [-0.05, 0) is 29.3 Å². The summed E-state index contributed by atoms with van der Waals surface area (Å²) in [5.41, 5.74) is 0.152. The van der Waals surface area contributed by atoms with E-state index in [2.05, 4.69) is 10.3 Å². The number of fused-ring (bicyclic) bond motifs is 1. The molecular formula is C19H16FN3O5. The molecule has 28 heavy (non-hydrogen) atoms. The van der Waals surface area contributed by atoms with Gasteiger partial charge in [-0.1, -0.05) is 6.07 Å². The molecule has 9 heteroatoms. The number of rotatable bonds is 4. The Kier molecular flexibility index (Phi) is 4.83. The van der Waals surface area contributed by atoms with Crippen LogP contribution in [0.15, 0.2) is 35.3 Å². The van der Waals surface area contributed by atoms with Gasteiger partial charge in [0.2, 0.25) is 5.91 Å². The van der Waals surface area contributed by atoms with Gasteiger partial charge < -0.3 is 20.1 Å². The maximum atomic E-state index is 13.5. The van der Waals surface area contributed by atoms with Crippen LogP contribution in [0.4, 0.5) is 10.1 Å². The van der Waals surface area contributed by atoms with Crippen LogP contribution in [-0.4, -0.2) is 31.6 Å². The molecule has 0 aliphatic rings. The van der Waals surface area contributed by atoms with E-state index in [4.69, 9.17) is 5.11 Å². The van der Waals surface area contributed by atoms with Gasteiger partial charge in [-0.2, -0.15) is 0 Å². The lowest BCUT2D eigenvalue weighted by molar-refractivity contribution is -0.114. The van der Waals surface area contributed by atoms with Gasteiger partial charge in [-0.25, -0.2) is 9.18 Å². The Labute approximate surface area is 157 Å². The SMILES string of the molecule is CC(=O)Nc1cc(F)ccc1Cc1cnc2c(O)c(C(=O)O)c(=O)n(C)c2c1. The summed E-state index contributed by atoms with van der Waals surface area (Å²) >= 11 is 0. The quantitative estimate of drug-likeness (QED) is 0.632. The van der Waals surface area contributed by atoms with Crippen LogP contribution in [-0.2, 0) is 18.3 Å². The van der Waals surface area contributed by atoms with Crippen LogP contribution in [0.3, 0.4) is 0 Å². The van der Waals surface area contributed by atoms with Crippen molar-refractivity contribution in [2.45, 2.75) is 13.3 Å². The topological polar surface area (TPSA) is 122 Å². The number of aromatic nitrogens is 2. The van der Waals surface area contributed by atoms with Gasteiger partial charge in [0, 0.05) is 32.3 Å². The molecule has 0 aliphatic heterocycles. The van der Waals surface area contributed by atoms with Crippen LogP contribution >= 0.6 is 0 Å². The van der Waals surface area contributed by atoms with E-state index in [0.29, 0.717) is 16.8 Å². The fourth-order valence-corrected chi connectivity index (χ4v) is 2.95. The predicted molar refractivity (Wildman–Crippen MR) is 99.1 cm³/mol. The largest absolute Gasteiger partial charge is 0.505 e. The normalized spacial score (nSPS) is 10.8. The fourth-order valence-electron chi connectivity index (χ4n) is 2.95. The first kappa shape index (κ1) is 19.0. The second-order valence-corrected chi connectivity index (χ2v) is 6.26. The predicted octanol–water partition coefficient (Wildman–Crippen LogP) is 2.03. The number of carbonyl (C=O) groups excluding carboxylic acids is 1. The van der Waals surface area contributed by atoms with Crippen molar-refractivity contribution in [3.8, 4) is 5.75 Å². The summed E-state index contributed by atoms with van der Waals surface area (Å²) in [4.78, 5) is 38.9. The molecule has 0 bridgehead atoms. The smallest absolute Gasteiger partial charge is 0.345 e. The minimum absolute atomic E-state index is 0.0237. The third-order valence-electron chi connectivity index (χ3n) is 4.26. The number of halogens is 1. The molecule has 2 heterocycles. The van der Waals surface area contributed by atoms with E-state index in [1.165, 1.54) is 38.4 Å². The van der Waals surface area contributed by atoms with Crippen LogP contribution in [0, 0.1) is 5.82 Å². The van der Waals surface area contributed by atoms with Gasteiger partial charge >= 0.3 is 5.97 Å². The highest BCUT2D eigenvalue weighted by molar-refractivity contribution is 5.97. The van der Waals surface area contributed by atoms with Gasteiger partial charge in [0.15, 0.2) is 11.3 Å². The Morgan fingerprint density at radius 2 is 2.00 bits per heavy atom. The number of benzene rings is 1. The molecular weight excluding hydrogens is 369 g/mol. The van der Waals surface area contributed by atoms with Crippen LogP contribution in [0.5, 0.6) is 5.75 Å². The van der Waals surface area contributed by atoms with Crippen LogP contribution in [0.1, 0.15) is 28.4 Å². The van der Waals surface area contributed by atoms with Crippen molar-refractivity contribution < 1.29 is 24.2 Å². The summed E-state index contributed by atoms with van der Waals surface area (Å²) in [5.74, 6) is -3.09. The number of carboxylic acid groups (broad SMARTS) is 1. The van der Waals surface area contributed by atoms with Crippen molar-refractivity contribution in [2.75, 3.05) is 5.32 Å². The number of nitrogens with one attached hydrogen (secondary N) is 1. The molecule has 8 nitrogen and oxygen atoms in total. The van der Waals surface area contributed by atoms with Crippen molar-refractivity contribution in [3.63, 3.8) is 0 Å². The Balaban J connectivity index is 2.11. The number of hydrogen-bond acceptors (Lipinski definition) is 5. The summed E-state index contributed by atoms with van der Waals surface area (Å²) in [6.07, 6.45) is 1.67. The van der Waals surface area contributed by atoms with E-state index in [1.54, 1.807) is 6.07 Å². The average molecular weight is 385 g/mol. The van der Waals surface area contributed by atoms with Crippen molar-refractivity contribution in [1.29, 1.82) is 0 Å². The first-order valence-corrected chi connectivity index (χ1v) is 8.19. The third kappa shape index (κ3) is 3.41. The molecule has 0 radical (unpaired) electrons. The molecule has 0 fully saturated rings. The molecule has 0 spiro atoms. The van der Waals surface area contributed by atoms with E-state index in [0.717, 1.165) is 4.57 Å². The van der Waals surface area contributed by atoms with Crippen molar-refractivity contribution in [2.24, 2.45) is 7.05 Å². The maximum Gasteiger partial charge on any atom is 0.345 e. The van der Waals surface area contributed by atoms with E-state index in [9.17, 15) is 23.9 Å². The zero-order valence-corrected chi connectivity index (χ0v) is 15.0. The van der Waals surface area contributed by atoms with Crippen LogP contribution < -0.4 is 10.9 Å². The molecule has 0 saturated carbocycles. The molecule has 0 aliphatic carbocycles. The number of hydrogen-bond donors (Lipinski definition) is 3. The van der Waals surface area contributed by atoms with Gasteiger partial charge in [0.1, 0.15) is 11.3 Å². The Morgan fingerprint density at radius 1 is 1.29 bits per heavy atom. The monoisotopic (exact) mass is 385 g/mol. The number of nitrogens with zero attached hydrogens (tertiary/aromatic N) is 2. The van der Waals surface area contributed by atoms with Crippen molar-refractivity contribution >= 4 is 28.6 Å². The molecule has 0 unspecified atom stereocenters. The lowest BCUT2D eigenvalue weighted by Gasteiger charge is -2.12. The molecule has 3 aromatic rings. The first-order chi connectivity index (χ1) is 13.2. The fraction of sp³-hybridized carbons (Fsp3) is 0.158. The standard InChI is InChI=1S/C19H16FN3O5/c1-9(24)22-13-7-12(20)4-3-11(13)5-10-6-14-16(21-8-10)17(25)15(19(27)28)18(26)23(14)2/h3-4,6-8,25H,5H2,1-2H3,(H,22,24)(H,27,28). The Hall–Kier alpha value is -3.75. The summed E-state index contributed by atoms with van der Waals surface area (Å²) < 4.78 is 14.6. The molecule has 1 aromatic carbocycles. The first-order valence-electron chi connectivity index (χ1n) is 8.19. The zero-order valence-electron chi connectivity index (χ0n) is 15.0. The lowest BCUT2D eigenvalue weighted by Crippen LogP contribution is -2.25. The van der Waals surface area contributed by atoms with Gasteiger partial charge in [0.05, 0.1) is 5.52 Å². The summed E-state index contributed by atoms with van der Waals surface area (Å²) in [6.45, 7) is 1.31. The number of aromatic hydroxyl groups is 1. The van der Waals surface area contributed by atoms with Crippen LogP contribution in [0.2, 0.25) is 0 Å². The molecule has 0 saturated heterocycles. The van der Waals surface area contributed by atoms with E-state index in [-0.39, 0.29) is 23.4 Å². The summed E-state index contributed by atoms with van der Waals surface area (Å²) in [7, 11) is 1.38. The maximum absolute atomic E-state index is 13.5. The number of anilines is 1. The minimum atomic E-state index is -1.54. The van der Waals surface area contributed by atoms with Gasteiger partial charge in [-0.15, -0.1) is 0 Å². The third-order valence-corrected chi connectivity index (χ3v) is 4.26. The molecule has 1 amide bonds. The number of aromatic carboxylic acids is 1. The summed E-state index contributed by atoms with van der Waals surface area (Å²) in [5, 5.41) is 21.8. The number of aryl methyl sites for hydroxylation is 1. The average Bonchev–Trinajstić information content (AvgIpc) is 2.61. The van der Waals surface area contributed by atoms with Crippen LogP contribution in [0.25, 0.3) is 11.0 Å². The zero-order chi connectivity index (χ0) is 20.6.